The van der Waals surface area contributed by atoms with E-state index in [4.69, 9.17) is 16.3 Å². The van der Waals surface area contributed by atoms with Crippen LogP contribution in [-0.4, -0.2) is 31.2 Å². The quantitative estimate of drug-likeness (QED) is 0.413. The molecule has 0 bridgehead atoms. The summed E-state index contributed by atoms with van der Waals surface area (Å²) in [5.41, 5.74) is 0.00732. The van der Waals surface area contributed by atoms with Gasteiger partial charge in [0.2, 0.25) is 0 Å². The SMILES string of the molecule is CC(C)CCn1c(=O)c2c(nc(OC3C=C(OC(F)(F)F)C=CC3)n2Cc2ccc(Cl)cc2)n(C)c1=O. The van der Waals surface area contributed by atoms with Crippen LogP contribution < -0.4 is 16.0 Å². The van der Waals surface area contributed by atoms with E-state index in [1.165, 1.54) is 39.0 Å². The van der Waals surface area contributed by atoms with Crippen molar-refractivity contribution in [2.45, 2.75) is 52.2 Å². The monoisotopic (exact) mass is 538 g/mol. The Hall–Kier alpha value is -3.47. The minimum atomic E-state index is -4.85. The van der Waals surface area contributed by atoms with E-state index in [-0.39, 0.29) is 42.6 Å². The number of halogens is 4. The van der Waals surface area contributed by atoms with Crippen LogP contribution in [0.1, 0.15) is 32.3 Å². The molecule has 0 amide bonds. The molecule has 4 rings (SSSR count). The molecule has 1 atom stereocenters. The van der Waals surface area contributed by atoms with E-state index >= 15 is 0 Å². The Morgan fingerprint density at radius 1 is 1.16 bits per heavy atom. The summed E-state index contributed by atoms with van der Waals surface area (Å²) in [6.07, 6.45) is -0.918. The lowest BCUT2D eigenvalue weighted by Gasteiger charge is -2.19. The van der Waals surface area contributed by atoms with E-state index in [0.717, 1.165) is 5.56 Å². The lowest BCUT2D eigenvalue weighted by molar-refractivity contribution is -0.303. The molecular formula is C25H26ClF3N4O4. The van der Waals surface area contributed by atoms with Crippen LogP contribution in [-0.2, 0) is 24.9 Å². The molecule has 1 aliphatic carbocycles. The van der Waals surface area contributed by atoms with Gasteiger partial charge in [-0.2, -0.15) is 4.98 Å². The Bertz CT molecular complexity index is 1470. The van der Waals surface area contributed by atoms with Gasteiger partial charge in [-0.05, 0) is 42.2 Å². The maximum Gasteiger partial charge on any atom is 0.573 e. The molecule has 3 aromatic rings. The van der Waals surface area contributed by atoms with Crippen LogP contribution >= 0.6 is 11.6 Å². The highest BCUT2D eigenvalue weighted by atomic mass is 35.5. The van der Waals surface area contributed by atoms with Gasteiger partial charge in [0.15, 0.2) is 11.2 Å². The van der Waals surface area contributed by atoms with Crippen LogP contribution in [0.3, 0.4) is 0 Å². The Labute approximate surface area is 215 Å². The van der Waals surface area contributed by atoms with Crippen LogP contribution in [0.5, 0.6) is 6.01 Å². The van der Waals surface area contributed by atoms with Crippen molar-refractivity contribution < 1.29 is 22.6 Å². The molecule has 1 aromatic carbocycles. The third kappa shape index (κ3) is 6.10. The average Bonchev–Trinajstić information content (AvgIpc) is 3.16. The van der Waals surface area contributed by atoms with Crippen LogP contribution in [0, 0.1) is 5.92 Å². The molecule has 198 valence electrons. The Morgan fingerprint density at radius 2 is 1.86 bits per heavy atom. The van der Waals surface area contributed by atoms with E-state index in [1.807, 2.05) is 13.8 Å². The third-order valence-electron chi connectivity index (χ3n) is 5.87. The van der Waals surface area contributed by atoms with E-state index in [0.29, 0.717) is 11.4 Å². The maximum atomic E-state index is 13.5. The molecule has 8 nitrogen and oxygen atoms in total. The van der Waals surface area contributed by atoms with Gasteiger partial charge in [0.1, 0.15) is 11.9 Å². The lowest BCUT2D eigenvalue weighted by atomic mass is 10.1. The van der Waals surface area contributed by atoms with Gasteiger partial charge < -0.3 is 9.47 Å². The topological polar surface area (TPSA) is 80.3 Å². The molecule has 2 aromatic heterocycles. The number of aryl methyl sites for hydroxylation is 1. The normalized spacial score (nSPS) is 15.9. The van der Waals surface area contributed by atoms with Gasteiger partial charge in [-0.25, -0.2) is 4.79 Å². The molecule has 12 heteroatoms. The van der Waals surface area contributed by atoms with E-state index in [1.54, 1.807) is 24.3 Å². The zero-order valence-electron chi connectivity index (χ0n) is 20.5. The number of rotatable bonds is 8. The van der Waals surface area contributed by atoms with Gasteiger partial charge in [-0.1, -0.05) is 43.7 Å². The highest BCUT2D eigenvalue weighted by Crippen LogP contribution is 2.27. The second kappa shape index (κ2) is 10.5. The first kappa shape index (κ1) is 26.6. The minimum Gasteiger partial charge on any atom is -0.457 e. The summed E-state index contributed by atoms with van der Waals surface area (Å²) in [4.78, 5) is 30.9. The largest absolute Gasteiger partial charge is 0.573 e. The molecule has 0 spiro atoms. The summed E-state index contributed by atoms with van der Waals surface area (Å²) >= 11 is 6.01. The van der Waals surface area contributed by atoms with Crippen molar-refractivity contribution in [1.82, 2.24) is 18.7 Å². The number of hydrogen-bond donors (Lipinski definition) is 0. The molecule has 2 heterocycles. The molecule has 1 aliphatic rings. The van der Waals surface area contributed by atoms with E-state index in [9.17, 15) is 22.8 Å². The molecule has 37 heavy (non-hydrogen) atoms. The molecule has 0 aliphatic heterocycles. The number of nitrogens with zero attached hydrogens (tertiary/aromatic N) is 4. The van der Waals surface area contributed by atoms with E-state index < -0.39 is 29.5 Å². The van der Waals surface area contributed by atoms with E-state index in [2.05, 4.69) is 9.72 Å². The molecule has 0 N–H and O–H groups in total. The highest BCUT2D eigenvalue weighted by Gasteiger charge is 2.32. The fourth-order valence-corrected chi connectivity index (χ4v) is 4.12. The fourth-order valence-electron chi connectivity index (χ4n) is 3.99. The first-order chi connectivity index (χ1) is 17.4. The maximum absolute atomic E-state index is 13.5. The smallest absolute Gasteiger partial charge is 0.457 e. The Kier molecular flexibility index (Phi) is 7.54. The summed E-state index contributed by atoms with van der Waals surface area (Å²) in [6.45, 7) is 4.37. The van der Waals surface area contributed by atoms with Gasteiger partial charge in [0, 0.05) is 25.0 Å². The number of fused-ring (bicyclic) bond motifs is 1. The highest BCUT2D eigenvalue weighted by molar-refractivity contribution is 6.30. The van der Waals surface area contributed by atoms with Crippen LogP contribution in [0.4, 0.5) is 13.2 Å². The van der Waals surface area contributed by atoms with Gasteiger partial charge in [0.25, 0.3) is 11.6 Å². The molecule has 0 saturated carbocycles. The number of aromatic nitrogens is 4. The van der Waals surface area contributed by atoms with Crippen molar-refractivity contribution >= 4 is 22.8 Å². The van der Waals surface area contributed by atoms with Crippen LogP contribution in [0.15, 0.2) is 57.8 Å². The van der Waals surface area contributed by atoms with Crippen LogP contribution in [0.2, 0.25) is 5.02 Å². The number of allylic oxidation sites excluding steroid dienone is 1. The lowest BCUT2D eigenvalue weighted by Crippen LogP contribution is -2.40. The Balaban J connectivity index is 1.82. The number of hydrogen-bond acceptors (Lipinski definition) is 5. The summed E-state index contributed by atoms with van der Waals surface area (Å²) in [5.74, 6) is -0.142. The number of imidazole rings is 1. The van der Waals surface area contributed by atoms with Crippen LogP contribution in [0.25, 0.3) is 11.2 Å². The second-order valence-electron chi connectivity index (χ2n) is 9.17. The van der Waals surface area contributed by atoms with Gasteiger partial charge in [-0.3, -0.25) is 18.5 Å². The first-order valence-electron chi connectivity index (χ1n) is 11.7. The molecule has 0 radical (unpaired) electrons. The van der Waals surface area contributed by atoms with Crippen molar-refractivity contribution in [3.8, 4) is 6.01 Å². The zero-order valence-corrected chi connectivity index (χ0v) is 21.2. The van der Waals surface area contributed by atoms with Gasteiger partial charge in [0.05, 0.1) is 6.54 Å². The Morgan fingerprint density at radius 3 is 2.51 bits per heavy atom. The summed E-state index contributed by atoms with van der Waals surface area (Å²) in [7, 11) is 1.51. The molecule has 0 fully saturated rings. The molecular weight excluding hydrogens is 513 g/mol. The van der Waals surface area contributed by atoms with Crippen molar-refractivity contribution in [3.05, 3.63) is 79.7 Å². The predicted octanol–water partition coefficient (Wildman–Crippen LogP) is 4.77. The third-order valence-corrected chi connectivity index (χ3v) is 6.12. The first-order valence-corrected chi connectivity index (χ1v) is 12.1. The standard InChI is InChI=1S/C25H26ClF3N4O4/c1-15(2)11-12-32-22(34)20-21(31(3)24(32)35)30-23(33(20)14-16-7-9-17(26)10-8-16)36-18-5-4-6-19(13-18)37-25(27,28)29/h4,6-10,13,15,18H,5,11-12,14H2,1-3H3. The fraction of sp³-hybridized carbons (Fsp3) is 0.400. The predicted molar refractivity (Wildman–Crippen MR) is 133 cm³/mol. The number of ether oxygens (including phenoxy) is 2. The van der Waals surface area contributed by atoms with Gasteiger partial charge in [-0.15, -0.1) is 13.2 Å². The zero-order chi connectivity index (χ0) is 26.9. The second-order valence-corrected chi connectivity index (χ2v) is 9.61. The van der Waals surface area contributed by atoms with Crippen molar-refractivity contribution in [1.29, 1.82) is 0 Å². The summed E-state index contributed by atoms with van der Waals surface area (Å²) in [6, 6.07) is 6.93. The molecule has 0 saturated heterocycles. The summed E-state index contributed by atoms with van der Waals surface area (Å²) in [5, 5.41) is 0.533. The number of benzene rings is 1. The van der Waals surface area contributed by atoms with Crippen molar-refractivity contribution in [3.63, 3.8) is 0 Å². The average molecular weight is 539 g/mol. The van der Waals surface area contributed by atoms with Gasteiger partial charge >= 0.3 is 12.1 Å². The molecule has 1 unspecified atom stereocenters. The summed E-state index contributed by atoms with van der Waals surface area (Å²) < 4.78 is 52.1. The number of alkyl halides is 3. The minimum absolute atomic E-state index is 0.0124. The van der Waals surface area contributed by atoms with Crippen molar-refractivity contribution in [2.75, 3.05) is 0 Å². The van der Waals surface area contributed by atoms with Crippen molar-refractivity contribution in [2.24, 2.45) is 13.0 Å².